The van der Waals surface area contributed by atoms with Crippen LogP contribution in [0.25, 0.3) is 0 Å². The van der Waals surface area contributed by atoms with Crippen LogP contribution in [-0.4, -0.2) is 18.0 Å². The van der Waals surface area contributed by atoms with Crippen molar-refractivity contribution < 1.29 is 0 Å². The number of rotatable bonds is 2. The zero-order chi connectivity index (χ0) is 6.62. The predicted octanol–water partition coefficient (Wildman–Crippen LogP) is 1.61. The first-order valence-electron chi connectivity index (χ1n) is 2.87. The Labute approximate surface area is 56.4 Å². The molecule has 50 valence electrons. The fraction of sp³-hybridized carbons (Fsp3) is 1.00. The van der Waals surface area contributed by atoms with Crippen LogP contribution in [-0.2, 0) is 0 Å². The summed E-state index contributed by atoms with van der Waals surface area (Å²) in [5.74, 6) is 0.692. The minimum absolute atomic E-state index is 0.217. The highest BCUT2D eigenvalue weighted by molar-refractivity contribution is 6.18. The van der Waals surface area contributed by atoms with E-state index in [1.165, 1.54) is 0 Å². The number of halogens is 1. The molecule has 0 aliphatic carbocycles. The Hall–Kier alpha value is 0.250. The van der Waals surface area contributed by atoms with E-state index in [1.807, 2.05) is 0 Å². The summed E-state index contributed by atoms with van der Waals surface area (Å²) < 4.78 is 0. The van der Waals surface area contributed by atoms with Crippen molar-refractivity contribution in [3.8, 4) is 0 Å². The van der Waals surface area contributed by atoms with Crippen molar-refractivity contribution in [1.82, 2.24) is 5.32 Å². The highest BCUT2D eigenvalue weighted by Crippen LogP contribution is 1.96. The molecular weight excluding hydrogens is 122 g/mol. The van der Waals surface area contributed by atoms with Gasteiger partial charge < -0.3 is 5.32 Å². The van der Waals surface area contributed by atoms with E-state index in [4.69, 9.17) is 11.6 Å². The van der Waals surface area contributed by atoms with Gasteiger partial charge in [0.2, 0.25) is 0 Å². The summed E-state index contributed by atoms with van der Waals surface area (Å²) in [7, 11) is 0. The van der Waals surface area contributed by atoms with E-state index in [2.05, 4.69) is 26.1 Å². The second-order valence-electron chi connectivity index (χ2n) is 2.87. The lowest BCUT2D eigenvalue weighted by Crippen LogP contribution is -2.36. The molecule has 0 amide bonds. The van der Waals surface area contributed by atoms with Gasteiger partial charge in [-0.1, -0.05) is 0 Å². The number of hydrogen-bond acceptors (Lipinski definition) is 1. The van der Waals surface area contributed by atoms with E-state index in [0.717, 1.165) is 6.54 Å². The topological polar surface area (TPSA) is 12.0 Å². The van der Waals surface area contributed by atoms with Crippen molar-refractivity contribution >= 4 is 11.6 Å². The van der Waals surface area contributed by atoms with E-state index < -0.39 is 0 Å². The van der Waals surface area contributed by atoms with Crippen LogP contribution in [0.3, 0.4) is 0 Å². The van der Waals surface area contributed by atoms with Gasteiger partial charge in [0, 0.05) is 18.0 Å². The fourth-order valence-electron chi connectivity index (χ4n) is 0.422. The standard InChI is InChI=1S/C6H14ClN/c1-6(2,3)8-5-4-7/h8H,4-5H2,1-3H3. The molecule has 2 heteroatoms. The highest BCUT2D eigenvalue weighted by Gasteiger charge is 2.05. The summed E-state index contributed by atoms with van der Waals surface area (Å²) in [6.45, 7) is 7.27. The van der Waals surface area contributed by atoms with Gasteiger partial charge in [-0.05, 0) is 20.8 Å². The summed E-state index contributed by atoms with van der Waals surface area (Å²) in [4.78, 5) is 0. The van der Waals surface area contributed by atoms with Crippen molar-refractivity contribution in [3.63, 3.8) is 0 Å². The summed E-state index contributed by atoms with van der Waals surface area (Å²) in [5, 5.41) is 3.24. The van der Waals surface area contributed by atoms with Crippen LogP contribution in [0.2, 0.25) is 0 Å². The van der Waals surface area contributed by atoms with Gasteiger partial charge in [-0.15, -0.1) is 11.6 Å². The Morgan fingerprint density at radius 1 is 1.38 bits per heavy atom. The number of alkyl halides is 1. The highest BCUT2D eigenvalue weighted by atomic mass is 35.5. The maximum atomic E-state index is 5.45. The van der Waals surface area contributed by atoms with Gasteiger partial charge in [0.05, 0.1) is 0 Å². The molecule has 0 spiro atoms. The van der Waals surface area contributed by atoms with Gasteiger partial charge in [0.15, 0.2) is 0 Å². The van der Waals surface area contributed by atoms with E-state index in [1.54, 1.807) is 0 Å². The van der Waals surface area contributed by atoms with Gasteiger partial charge in [0.1, 0.15) is 0 Å². The molecule has 0 rings (SSSR count). The van der Waals surface area contributed by atoms with Crippen LogP contribution in [0.15, 0.2) is 0 Å². The molecule has 0 aromatic rings. The van der Waals surface area contributed by atoms with Crippen LogP contribution in [0, 0.1) is 0 Å². The number of hydrogen-bond donors (Lipinski definition) is 1. The van der Waals surface area contributed by atoms with Gasteiger partial charge >= 0.3 is 0 Å². The first kappa shape index (κ1) is 8.25. The summed E-state index contributed by atoms with van der Waals surface area (Å²) in [6.07, 6.45) is 0. The molecule has 0 unspecified atom stereocenters. The zero-order valence-electron chi connectivity index (χ0n) is 5.79. The Bertz CT molecular complexity index is 56.0. The Morgan fingerprint density at radius 3 is 2.00 bits per heavy atom. The van der Waals surface area contributed by atoms with E-state index in [-0.39, 0.29) is 5.54 Å². The molecule has 0 fully saturated rings. The lowest BCUT2D eigenvalue weighted by atomic mass is 10.1. The molecule has 0 saturated carbocycles. The van der Waals surface area contributed by atoms with Gasteiger partial charge in [-0.3, -0.25) is 0 Å². The van der Waals surface area contributed by atoms with E-state index in [0.29, 0.717) is 5.88 Å². The predicted molar refractivity (Wildman–Crippen MR) is 38.5 cm³/mol. The maximum absolute atomic E-state index is 5.45. The van der Waals surface area contributed by atoms with Crippen LogP contribution in [0.5, 0.6) is 0 Å². The fourth-order valence-corrected chi connectivity index (χ4v) is 0.517. The molecule has 0 aromatic carbocycles. The first-order chi connectivity index (χ1) is 3.56. The molecular formula is C6H14ClN. The molecule has 0 radical (unpaired) electrons. The summed E-state index contributed by atoms with van der Waals surface area (Å²) in [5.41, 5.74) is 0.217. The molecule has 0 atom stereocenters. The third kappa shape index (κ3) is 6.25. The largest absolute Gasteiger partial charge is 0.311 e. The maximum Gasteiger partial charge on any atom is 0.0348 e. The quantitative estimate of drug-likeness (QED) is 0.568. The Morgan fingerprint density at radius 2 is 1.88 bits per heavy atom. The molecule has 0 saturated heterocycles. The Balaban J connectivity index is 3.11. The Kier molecular flexibility index (Phi) is 3.41. The van der Waals surface area contributed by atoms with E-state index >= 15 is 0 Å². The third-order valence-electron chi connectivity index (χ3n) is 0.750. The van der Waals surface area contributed by atoms with Crippen LogP contribution < -0.4 is 5.32 Å². The first-order valence-corrected chi connectivity index (χ1v) is 3.41. The molecule has 0 aromatic heterocycles. The smallest absolute Gasteiger partial charge is 0.0348 e. The van der Waals surface area contributed by atoms with Crippen molar-refractivity contribution in [3.05, 3.63) is 0 Å². The molecule has 1 nitrogen and oxygen atoms in total. The van der Waals surface area contributed by atoms with Crippen LogP contribution in [0.4, 0.5) is 0 Å². The van der Waals surface area contributed by atoms with Gasteiger partial charge in [0.25, 0.3) is 0 Å². The van der Waals surface area contributed by atoms with Crippen molar-refractivity contribution in [2.75, 3.05) is 12.4 Å². The summed E-state index contributed by atoms with van der Waals surface area (Å²) >= 11 is 5.45. The SMILES string of the molecule is CC(C)(C)NCCCl. The minimum atomic E-state index is 0.217. The van der Waals surface area contributed by atoms with E-state index in [9.17, 15) is 0 Å². The molecule has 0 heterocycles. The average Bonchev–Trinajstić information content (AvgIpc) is 1.59. The number of nitrogens with one attached hydrogen (secondary N) is 1. The molecule has 0 bridgehead atoms. The van der Waals surface area contributed by atoms with Crippen molar-refractivity contribution in [2.45, 2.75) is 26.3 Å². The van der Waals surface area contributed by atoms with Crippen molar-refractivity contribution in [2.24, 2.45) is 0 Å². The average molecular weight is 136 g/mol. The normalized spacial score (nSPS) is 12.0. The summed E-state index contributed by atoms with van der Waals surface area (Å²) in [6, 6.07) is 0. The molecule has 0 aliphatic heterocycles. The lowest BCUT2D eigenvalue weighted by Gasteiger charge is -2.19. The third-order valence-corrected chi connectivity index (χ3v) is 0.939. The van der Waals surface area contributed by atoms with Gasteiger partial charge in [-0.2, -0.15) is 0 Å². The minimum Gasteiger partial charge on any atom is -0.311 e. The molecule has 1 N–H and O–H groups in total. The second kappa shape index (κ2) is 3.31. The zero-order valence-corrected chi connectivity index (χ0v) is 6.55. The van der Waals surface area contributed by atoms with Gasteiger partial charge in [-0.25, -0.2) is 0 Å². The van der Waals surface area contributed by atoms with Crippen LogP contribution in [0.1, 0.15) is 20.8 Å². The lowest BCUT2D eigenvalue weighted by molar-refractivity contribution is 0.440. The second-order valence-corrected chi connectivity index (χ2v) is 3.24. The molecule has 8 heavy (non-hydrogen) atoms. The van der Waals surface area contributed by atoms with Crippen LogP contribution >= 0.6 is 11.6 Å². The monoisotopic (exact) mass is 135 g/mol. The molecule has 0 aliphatic rings. The van der Waals surface area contributed by atoms with Crippen molar-refractivity contribution in [1.29, 1.82) is 0 Å².